The maximum Gasteiger partial charge on any atom is 0.240 e. The molecule has 0 saturated carbocycles. The van der Waals surface area contributed by atoms with Gasteiger partial charge in [-0.15, -0.1) is 0 Å². The second kappa shape index (κ2) is 6.28. The first-order valence-corrected chi connectivity index (χ1v) is 8.24. The van der Waals surface area contributed by atoms with Gasteiger partial charge in [0, 0.05) is 12.2 Å². The summed E-state index contributed by atoms with van der Waals surface area (Å²) >= 11 is 0. The molecule has 0 amide bonds. The Morgan fingerprint density at radius 3 is 2.43 bits per heavy atom. The standard InChI is InChI=1S/C16H20N2O2S/c1-12-7-8-14(9-13(12)2)11-18-15-5-4-6-16(10-15)21(19,20)17-3/h4-10,17-18H,11H2,1-3H3. The van der Waals surface area contributed by atoms with Crippen LogP contribution >= 0.6 is 0 Å². The number of aryl methyl sites for hydroxylation is 2. The molecule has 5 heteroatoms. The van der Waals surface area contributed by atoms with Crippen LogP contribution in [0.15, 0.2) is 47.4 Å². The van der Waals surface area contributed by atoms with Crippen molar-refractivity contribution >= 4 is 15.7 Å². The van der Waals surface area contributed by atoms with Crippen LogP contribution in [0.1, 0.15) is 16.7 Å². The van der Waals surface area contributed by atoms with Crippen LogP contribution in [0.4, 0.5) is 5.69 Å². The smallest absolute Gasteiger partial charge is 0.240 e. The quantitative estimate of drug-likeness (QED) is 0.893. The Morgan fingerprint density at radius 2 is 1.76 bits per heavy atom. The van der Waals surface area contributed by atoms with Crippen LogP contribution in [-0.4, -0.2) is 15.5 Å². The first-order valence-electron chi connectivity index (χ1n) is 6.76. The molecule has 21 heavy (non-hydrogen) atoms. The van der Waals surface area contributed by atoms with E-state index in [2.05, 4.69) is 42.1 Å². The molecule has 0 aromatic heterocycles. The van der Waals surface area contributed by atoms with Gasteiger partial charge in [-0.25, -0.2) is 13.1 Å². The summed E-state index contributed by atoms with van der Waals surface area (Å²) in [7, 11) is -2.00. The van der Waals surface area contributed by atoms with Crippen molar-refractivity contribution in [2.75, 3.05) is 12.4 Å². The van der Waals surface area contributed by atoms with Gasteiger partial charge in [0.05, 0.1) is 4.90 Å². The number of hydrogen-bond donors (Lipinski definition) is 2. The van der Waals surface area contributed by atoms with Crippen LogP contribution in [0.2, 0.25) is 0 Å². The van der Waals surface area contributed by atoms with Crippen LogP contribution in [0, 0.1) is 13.8 Å². The van der Waals surface area contributed by atoms with E-state index in [9.17, 15) is 8.42 Å². The molecule has 2 N–H and O–H groups in total. The highest BCUT2D eigenvalue weighted by molar-refractivity contribution is 7.89. The highest BCUT2D eigenvalue weighted by Gasteiger charge is 2.11. The lowest BCUT2D eigenvalue weighted by atomic mass is 10.1. The Morgan fingerprint density at radius 1 is 1.00 bits per heavy atom. The third-order valence-corrected chi connectivity index (χ3v) is 4.89. The number of sulfonamides is 1. The lowest BCUT2D eigenvalue weighted by molar-refractivity contribution is 0.588. The zero-order valence-electron chi connectivity index (χ0n) is 12.5. The van der Waals surface area contributed by atoms with Gasteiger partial charge in [0.1, 0.15) is 0 Å². The second-order valence-corrected chi connectivity index (χ2v) is 6.89. The lowest BCUT2D eigenvalue weighted by Crippen LogP contribution is -2.18. The van der Waals surface area contributed by atoms with E-state index in [1.165, 1.54) is 23.7 Å². The molecular formula is C16H20N2O2S. The molecule has 0 aliphatic carbocycles. The van der Waals surface area contributed by atoms with Crippen molar-refractivity contribution in [1.29, 1.82) is 0 Å². The summed E-state index contributed by atoms with van der Waals surface area (Å²) in [5, 5.41) is 3.25. The van der Waals surface area contributed by atoms with Crippen LogP contribution in [0.25, 0.3) is 0 Å². The van der Waals surface area contributed by atoms with E-state index in [4.69, 9.17) is 0 Å². The van der Waals surface area contributed by atoms with E-state index in [1.807, 2.05) is 6.07 Å². The normalized spacial score (nSPS) is 11.4. The summed E-state index contributed by atoms with van der Waals surface area (Å²) in [5.74, 6) is 0. The molecule has 0 aliphatic rings. The minimum atomic E-state index is -3.41. The third-order valence-electron chi connectivity index (χ3n) is 3.48. The predicted octanol–water partition coefficient (Wildman–Crippen LogP) is 2.82. The average molecular weight is 304 g/mol. The Kier molecular flexibility index (Phi) is 4.65. The van der Waals surface area contributed by atoms with Gasteiger partial charge in [-0.1, -0.05) is 24.3 Å². The summed E-state index contributed by atoms with van der Waals surface area (Å²) in [4.78, 5) is 0.259. The zero-order valence-corrected chi connectivity index (χ0v) is 13.3. The van der Waals surface area contributed by atoms with Crippen LogP contribution in [-0.2, 0) is 16.6 Å². The van der Waals surface area contributed by atoms with E-state index < -0.39 is 10.0 Å². The number of nitrogens with one attached hydrogen (secondary N) is 2. The van der Waals surface area contributed by atoms with Gasteiger partial charge < -0.3 is 5.32 Å². The van der Waals surface area contributed by atoms with Gasteiger partial charge in [-0.2, -0.15) is 0 Å². The SMILES string of the molecule is CNS(=O)(=O)c1cccc(NCc2ccc(C)c(C)c2)c1. The minimum absolute atomic E-state index is 0.259. The number of benzene rings is 2. The summed E-state index contributed by atoms with van der Waals surface area (Å²) in [5.41, 5.74) is 4.46. The highest BCUT2D eigenvalue weighted by Crippen LogP contribution is 2.17. The van der Waals surface area contributed by atoms with Crippen LogP contribution < -0.4 is 10.0 Å². The first-order chi connectivity index (χ1) is 9.92. The van der Waals surface area contributed by atoms with E-state index in [1.54, 1.807) is 18.2 Å². The number of rotatable bonds is 5. The van der Waals surface area contributed by atoms with Gasteiger partial charge in [0.2, 0.25) is 10.0 Å². The topological polar surface area (TPSA) is 58.2 Å². The van der Waals surface area contributed by atoms with Crippen molar-refractivity contribution in [1.82, 2.24) is 4.72 Å². The van der Waals surface area contributed by atoms with E-state index in [0.29, 0.717) is 6.54 Å². The fourth-order valence-corrected chi connectivity index (χ4v) is 2.78. The number of hydrogen-bond acceptors (Lipinski definition) is 3. The molecule has 0 aliphatic heterocycles. The molecule has 2 aromatic carbocycles. The predicted molar refractivity (Wildman–Crippen MR) is 85.9 cm³/mol. The molecule has 0 spiro atoms. The second-order valence-electron chi connectivity index (χ2n) is 5.01. The van der Waals surface area contributed by atoms with Gasteiger partial charge in [0.25, 0.3) is 0 Å². The largest absolute Gasteiger partial charge is 0.381 e. The zero-order chi connectivity index (χ0) is 15.5. The molecule has 0 saturated heterocycles. The molecule has 0 heterocycles. The van der Waals surface area contributed by atoms with Crippen molar-refractivity contribution in [3.05, 3.63) is 59.2 Å². The Balaban J connectivity index is 2.13. The average Bonchev–Trinajstić information content (AvgIpc) is 2.49. The van der Waals surface area contributed by atoms with Crippen molar-refractivity contribution < 1.29 is 8.42 Å². The molecule has 0 bridgehead atoms. The van der Waals surface area contributed by atoms with Gasteiger partial charge in [0.15, 0.2) is 0 Å². The molecule has 0 radical (unpaired) electrons. The van der Waals surface area contributed by atoms with E-state index in [-0.39, 0.29) is 4.90 Å². The highest BCUT2D eigenvalue weighted by atomic mass is 32.2. The summed E-state index contributed by atoms with van der Waals surface area (Å²) in [6.07, 6.45) is 0. The third kappa shape index (κ3) is 3.83. The number of anilines is 1. The Hall–Kier alpha value is -1.85. The minimum Gasteiger partial charge on any atom is -0.381 e. The van der Waals surface area contributed by atoms with Crippen LogP contribution in [0.3, 0.4) is 0 Å². The molecule has 2 rings (SSSR count). The Bertz CT molecular complexity index is 740. The maximum atomic E-state index is 11.8. The van der Waals surface area contributed by atoms with Gasteiger partial charge >= 0.3 is 0 Å². The maximum absolute atomic E-state index is 11.8. The first kappa shape index (κ1) is 15.5. The molecule has 112 valence electrons. The monoisotopic (exact) mass is 304 g/mol. The Labute approximate surface area is 126 Å². The molecule has 2 aromatic rings. The van der Waals surface area contributed by atoms with Crippen molar-refractivity contribution in [3.63, 3.8) is 0 Å². The summed E-state index contributed by atoms with van der Waals surface area (Å²) in [6, 6.07) is 13.1. The molecule has 4 nitrogen and oxygen atoms in total. The van der Waals surface area contributed by atoms with Crippen molar-refractivity contribution in [3.8, 4) is 0 Å². The summed E-state index contributed by atoms with van der Waals surface area (Å²) < 4.78 is 25.9. The van der Waals surface area contributed by atoms with Crippen molar-refractivity contribution in [2.45, 2.75) is 25.3 Å². The molecule has 0 unspecified atom stereocenters. The summed E-state index contributed by atoms with van der Waals surface area (Å²) in [6.45, 7) is 4.82. The van der Waals surface area contributed by atoms with E-state index in [0.717, 1.165) is 5.69 Å². The van der Waals surface area contributed by atoms with Crippen LogP contribution in [0.5, 0.6) is 0 Å². The molecule has 0 fully saturated rings. The fourth-order valence-electron chi connectivity index (χ4n) is 2.01. The fraction of sp³-hybridized carbons (Fsp3) is 0.250. The lowest BCUT2D eigenvalue weighted by Gasteiger charge is -2.10. The molecular weight excluding hydrogens is 284 g/mol. The van der Waals surface area contributed by atoms with Gasteiger partial charge in [-0.3, -0.25) is 0 Å². The molecule has 0 atom stereocenters. The van der Waals surface area contributed by atoms with E-state index >= 15 is 0 Å². The van der Waals surface area contributed by atoms with Crippen molar-refractivity contribution in [2.24, 2.45) is 0 Å². The van der Waals surface area contributed by atoms with Gasteiger partial charge in [-0.05, 0) is 55.8 Å².